The van der Waals surface area contributed by atoms with Gasteiger partial charge in [-0.25, -0.2) is 4.79 Å². The lowest BCUT2D eigenvalue weighted by Gasteiger charge is -2.33. The second-order valence-corrected chi connectivity index (χ2v) is 6.96. The Morgan fingerprint density at radius 1 is 1.32 bits per heavy atom. The number of aromatic amines is 1. The van der Waals surface area contributed by atoms with Crippen molar-refractivity contribution in [2.24, 2.45) is 0 Å². The summed E-state index contributed by atoms with van der Waals surface area (Å²) < 4.78 is 5.44. The molecule has 1 aromatic heterocycles. The molecule has 0 aliphatic carbocycles. The number of aromatic nitrogens is 2. The van der Waals surface area contributed by atoms with Crippen LogP contribution in [-0.2, 0) is 4.74 Å². The molecule has 0 unspecified atom stereocenters. The van der Waals surface area contributed by atoms with Crippen LogP contribution in [0.1, 0.15) is 45.1 Å². The summed E-state index contributed by atoms with van der Waals surface area (Å²) in [6.07, 6.45) is 3.58. The van der Waals surface area contributed by atoms with Crippen molar-refractivity contribution < 1.29 is 9.53 Å². The van der Waals surface area contributed by atoms with Crippen molar-refractivity contribution in [3.63, 3.8) is 0 Å². The van der Waals surface area contributed by atoms with Crippen molar-refractivity contribution in [3.05, 3.63) is 30.0 Å². The molecule has 0 radical (unpaired) electrons. The van der Waals surface area contributed by atoms with Crippen LogP contribution < -0.4 is 0 Å². The van der Waals surface area contributed by atoms with Crippen molar-refractivity contribution in [2.75, 3.05) is 13.1 Å². The number of carbonyl (C=O) groups excluding carboxylic acids is 1. The predicted molar refractivity (Wildman–Crippen MR) is 85.9 cm³/mol. The van der Waals surface area contributed by atoms with Gasteiger partial charge < -0.3 is 9.64 Å². The van der Waals surface area contributed by atoms with Crippen molar-refractivity contribution in [1.29, 1.82) is 0 Å². The fraction of sp³-hybridized carbons (Fsp3) is 0.529. The van der Waals surface area contributed by atoms with Crippen LogP contribution in [0.15, 0.2) is 24.4 Å². The van der Waals surface area contributed by atoms with Gasteiger partial charge in [0.15, 0.2) is 0 Å². The number of nitrogens with zero attached hydrogens (tertiary/aromatic N) is 2. The third-order valence-electron chi connectivity index (χ3n) is 4.08. The molecule has 22 heavy (non-hydrogen) atoms. The molecule has 3 rings (SSSR count). The highest BCUT2D eigenvalue weighted by atomic mass is 16.6. The van der Waals surface area contributed by atoms with Crippen molar-refractivity contribution in [3.8, 4) is 0 Å². The van der Waals surface area contributed by atoms with Gasteiger partial charge in [0.2, 0.25) is 0 Å². The minimum Gasteiger partial charge on any atom is -0.444 e. The fourth-order valence-corrected chi connectivity index (χ4v) is 2.93. The Kier molecular flexibility index (Phi) is 3.81. The highest BCUT2D eigenvalue weighted by molar-refractivity contribution is 5.78. The van der Waals surface area contributed by atoms with Gasteiger partial charge in [0, 0.05) is 18.5 Å². The molecule has 0 atom stereocenters. The number of carbonyl (C=O) groups is 1. The van der Waals surface area contributed by atoms with Crippen LogP contribution in [0.2, 0.25) is 0 Å². The van der Waals surface area contributed by atoms with E-state index in [2.05, 4.69) is 28.4 Å². The molecule has 1 aromatic carbocycles. The molecule has 1 aliphatic heterocycles. The zero-order valence-corrected chi connectivity index (χ0v) is 13.4. The van der Waals surface area contributed by atoms with Crippen LogP contribution in [0.5, 0.6) is 0 Å². The predicted octanol–water partition coefficient (Wildman–Crippen LogP) is 3.68. The number of benzene rings is 1. The Morgan fingerprint density at radius 3 is 2.73 bits per heavy atom. The van der Waals surface area contributed by atoms with E-state index in [0.717, 1.165) is 36.8 Å². The van der Waals surface area contributed by atoms with E-state index in [4.69, 9.17) is 4.74 Å². The molecule has 1 amide bonds. The van der Waals surface area contributed by atoms with E-state index in [1.807, 2.05) is 31.9 Å². The fourth-order valence-electron chi connectivity index (χ4n) is 2.93. The summed E-state index contributed by atoms with van der Waals surface area (Å²) in [5, 5.41) is 8.21. The van der Waals surface area contributed by atoms with Crippen molar-refractivity contribution in [2.45, 2.75) is 45.1 Å². The van der Waals surface area contributed by atoms with Gasteiger partial charge in [0.1, 0.15) is 5.60 Å². The van der Waals surface area contributed by atoms with Crippen LogP contribution in [0.3, 0.4) is 0 Å². The zero-order valence-electron chi connectivity index (χ0n) is 13.4. The Hall–Kier alpha value is -2.04. The van der Waals surface area contributed by atoms with Crippen molar-refractivity contribution in [1.82, 2.24) is 15.1 Å². The molecule has 118 valence electrons. The largest absolute Gasteiger partial charge is 0.444 e. The number of hydrogen-bond acceptors (Lipinski definition) is 3. The molecular formula is C17H23N3O2. The Morgan fingerprint density at radius 2 is 2.05 bits per heavy atom. The quantitative estimate of drug-likeness (QED) is 0.874. The van der Waals surface area contributed by atoms with Gasteiger partial charge in [0.05, 0.1) is 11.7 Å². The van der Waals surface area contributed by atoms with Crippen LogP contribution >= 0.6 is 0 Å². The lowest BCUT2D eigenvalue weighted by atomic mass is 9.89. The molecule has 1 aliphatic rings. The van der Waals surface area contributed by atoms with E-state index in [9.17, 15) is 4.79 Å². The van der Waals surface area contributed by atoms with Gasteiger partial charge in [-0.15, -0.1) is 0 Å². The molecule has 5 heteroatoms. The molecule has 5 nitrogen and oxygen atoms in total. The second-order valence-electron chi connectivity index (χ2n) is 6.96. The number of likely N-dealkylation sites (tertiary alicyclic amines) is 1. The number of hydrogen-bond donors (Lipinski definition) is 1. The molecular weight excluding hydrogens is 278 g/mol. The minimum absolute atomic E-state index is 0.199. The SMILES string of the molecule is CC(C)(C)OC(=O)N1CCC(c2ccc3cn[nH]c3c2)CC1. The first-order valence-corrected chi connectivity index (χ1v) is 7.83. The minimum atomic E-state index is -0.431. The lowest BCUT2D eigenvalue weighted by Crippen LogP contribution is -2.41. The van der Waals surface area contributed by atoms with E-state index in [-0.39, 0.29) is 6.09 Å². The van der Waals surface area contributed by atoms with Crippen LogP contribution in [0.4, 0.5) is 4.79 Å². The third-order valence-corrected chi connectivity index (χ3v) is 4.08. The van der Waals surface area contributed by atoms with Crippen molar-refractivity contribution >= 4 is 17.0 Å². The van der Waals surface area contributed by atoms with E-state index < -0.39 is 5.60 Å². The van der Waals surface area contributed by atoms with Gasteiger partial charge >= 0.3 is 6.09 Å². The third kappa shape index (κ3) is 3.24. The maximum absolute atomic E-state index is 12.1. The molecule has 0 saturated carbocycles. The number of H-pyrrole nitrogens is 1. The molecule has 1 saturated heterocycles. The van der Waals surface area contributed by atoms with Gasteiger partial charge in [-0.2, -0.15) is 5.10 Å². The van der Waals surface area contributed by atoms with E-state index in [1.165, 1.54) is 5.56 Å². The van der Waals surface area contributed by atoms with Crippen LogP contribution in [0.25, 0.3) is 10.9 Å². The average molecular weight is 301 g/mol. The number of nitrogens with one attached hydrogen (secondary N) is 1. The summed E-state index contributed by atoms with van der Waals surface area (Å²) >= 11 is 0. The molecule has 2 aromatic rings. The summed E-state index contributed by atoms with van der Waals surface area (Å²) in [7, 11) is 0. The van der Waals surface area contributed by atoms with Gasteiger partial charge in [-0.05, 0) is 51.2 Å². The molecule has 1 N–H and O–H groups in total. The summed E-state index contributed by atoms with van der Waals surface area (Å²) in [5.41, 5.74) is 1.97. The summed E-state index contributed by atoms with van der Waals surface area (Å²) in [5.74, 6) is 0.492. The first kappa shape index (κ1) is 14.9. The average Bonchev–Trinajstić information content (AvgIpc) is 2.93. The number of piperidine rings is 1. The maximum Gasteiger partial charge on any atom is 0.410 e. The lowest BCUT2D eigenvalue weighted by molar-refractivity contribution is 0.0205. The molecule has 1 fully saturated rings. The maximum atomic E-state index is 12.1. The normalized spacial score (nSPS) is 17.0. The summed E-state index contributed by atoms with van der Waals surface area (Å²) in [6.45, 7) is 7.20. The summed E-state index contributed by atoms with van der Waals surface area (Å²) in [4.78, 5) is 13.9. The number of rotatable bonds is 1. The smallest absolute Gasteiger partial charge is 0.410 e. The molecule has 0 bridgehead atoms. The van der Waals surface area contributed by atoms with Gasteiger partial charge in [-0.3, -0.25) is 5.10 Å². The van der Waals surface area contributed by atoms with Crippen LogP contribution in [0, 0.1) is 0 Å². The topological polar surface area (TPSA) is 58.2 Å². The first-order valence-electron chi connectivity index (χ1n) is 7.83. The number of amides is 1. The van der Waals surface area contributed by atoms with E-state index in [1.54, 1.807) is 0 Å². The molecule has 0 spiro atoms. The van der Waals surface area contributed by atoms with Crippen LogP contribution in [-0.4, -0.2) is 39.9 Å². The van der Waals surface area contributed by atoms with Gasteiger partial charge in [-0.1, -0.05) is 12.1 Å². The summed E-state index contributed by atoms with van der Waals surface area (Å²) in [6, 6.07) is 6.45. The Labute approximate surface area is 130 Å². The second kappa shape index (κ2) is 5.63. The number of fused-ring (bicyclic) bond motifs is 1. The first-order chi connectivity index (χ1) is 10.4. The standard InChI is InChI=1S/C17H23N3O2/c1-17(2,3)22-16(21)20-8-6-12(7-9-20)13-4-5-14-11-18-19-15(14)10-13/h4-5,10-12H,6-9H2,1-3H3,(H,18,19). The Bertz CT molecular complexity index is 664. The highest BCUT2D eigenvalue weighted by Gasteiger charge is 2.27. The monoisotopic (exact) mass is 301 g/mol. The van der Waals surface area contributed by atoms with E-state index in [0.29, 0.717) is 5.92 Å². The highest BCUT2D eigenvalue weighted by Crippen LogP contribution is 2.30. The zero-order chi connectivity index (χ0) is 15.7. The Balaban J connectivity index is 1.62. The molecule has 2 heterocycles. The van der Waals surface area contributed by atoms with E-state index >= 15 is 0 Å². The van der Waals surface area contributed by atoms with Gasteiger partial charge in [0.25, 0.3) is 0 Å². The number of ether oxygens (including phenoxy) is 1.